The Bertz CT molecular complexity index is 625. The number of nitrogens with zero attached hydrogens (tertiary/aromatic N) is 2. The van der Waals surface area contributed by atoms with Crippen molar-refractivity contribution in [2.75, 3.05) is 20.2 Å². The van der Waals surface area contributed by atoms with Crippen LogP contribution in [0, 0.1) is 5.82 Å². The molecule has 0 atom stereocenters. The van der Waals surface area contributed by atoms with Gasteiger partial charge < -0.3 is 15.1 Å². The molecule has 1 amide bonds. The van der Waals surface area contributed by atoms with Gasteiger partial charge in [-0.25, -0.2) is 4.39 Å². The summed E-state index contributed by atoms with van der Waals surface area (Å²) in [6, 6.07) is 3.72. The number of thioether (sulfide) groups is 1. The molecular formula is C15H17FN2O3S. The van der Waals surface area contributed by atoms with Crippen LogP contribution in [0.5, 0.6) is 5.75 Å². The molecular weight excluding hydrogens is 307 g/mol. The number of hydrogen-bond acceptors (Lipinski definition) is 5. The van der Waals surface area contributed by atoms with Gasteiger partial charge in [0.15, 0.2) is 5.17 Å². The number of phenols is 1. The largest absolute Gasteiger partial charge is 0.507 e. The van der Waals surface area contributed by atoms with E-state index < -0.39 is 5.82 Å². The summed E-state index contributed by atoms with van der Waals surface area (Å²) >= 11 is 1.31. The number of likely N-dealkylation sites (tertiary alicyclic amines) is 1. The molecule has 0 saturated carbocycles. The first-order valence-corrected chi connectivity index (χ1v) is 7.66. The van der Waals surface area contributed by atoms with Crippen LogP contribution in [0.4, 0.5) is 4.39 Å². The molecule has 0 aromatic heterocycles. The zero-order valence-corrected chi connectivity index (χ0v) is 12.9. The molecule has 7 heteroatoms. The lowest BCUT2D eigenvalue weighted by atomic mass is 10.2. The van der Waals surface area contributed by atoms with Crippen LogP contribution in [0.3, 0.4) is 0 Å². The number of benzene rings is 1. The van der Waals surface area contributed by atoms with Gasteiger partial charge in [-0.3, -0.25) is 4.79 Å². The van der Waals surface area contributed by atoms with E-state index in [0.717, 1.165) is 44.3 Å². The molecule has 1 saturated heterocycles. The Labute approximate surface area is 132 Å². The maximum atomic E-state index is 12.9. The molecule has 5 nitrogen and oxygen atoms in total. The fourth-order valence-corrected chi connectivity index (χ4v) is 3.18. The lowest BCUT2D eigenvalue weighted by Crippen LogP contribution is -2.23. The molecule has 1 aromatic carbocycles. The van der Waals surface area contributed by atoms with Gasteiger partial charge >= 0.3 is 0 Å². The molecule has 2 aliphatic rings. The Morgan fingerprint density at radius 2 is 2.00 bits per heavy atom. The van der Waals surface area contributed by atoms with Crippen LogP contribution < -0.4 is 0 Å². The van der Waals surface area contributed by atoms with Crippen LogP contribution in [0.25, 0.3) is 6.08 Å². The average molecular weight is 324 g/mol. The first-order valence-electron chi connectivity index (χ1n) is 6.84. The summed E-state index contributed by atoms with van der Waals surface area (Å²) in [6.07, 6.45) is 3.78. The highest BCUT2D eigenvalue weighted by Gasteiger charge is 2.27. The molecule has 2 aliphatic heterocycles. The van der Waals surface area contributed by atoms with Crippen molar-refractivity contribution in [2.24, 2.45) is 4.99 Å². The number of phenolic OH excluding ortho intramolecular Hbond substituents is 1. The molecule has 0 spiro atoms. The van der Waals surface area contributed by atoms with Gasteiger partial charge in [0.25, 0.3) is 5.91 Å². The second kappa shape index (κ2) is 7.42. The van der Waals surface area contributed by atoms with Gasteiger partial charge in [-0.15, -0.1) is 0 Å². The number of carbonyl (C=O) groups excluding carboxylic acids is 1. The number of halogens is 1. The Hall–Kier alpha value is -1.86. The van der Waals surface area contributed by atoms with E-state index in [4.69, 9.17) is 5.11 Å². The molecule has 2 heterocycles. The van der Waals surface area contributed by atoms with Crippen molar-refractivity contribution in [1.29, 1.82) is 0 Å². The second-order valence-corrected chi connectivity index (χ2v) is 5.72. The normalized spacial score (nSPS) is 19.2. The zero-order chi connectivity index (χ0) is 16.1. The monoisotopic (exact) mass is 324 g/mol. The van der Waals surface area contributed by atoms with Crippen LogP contribution >= 0.6 is 11.8 Å². The highest BCUT2D eigenvalue weighted by molar-refractivity contribution is 8.18. The van der Waals surface area contributed by atoms with E-state index in [9.17, 15) is 14.3 Å². The number of rotatable bonds is 1. The van der Waals surface area contributed by atoms with Gasteiger partial charge in [0.05, 0.1) is 4.91 Å². The number of carbonyl (C=O) groups is 1. The summed E-state index contributed by atoms with van der Waals surface area (Å²) < 4.78 is 12.9. The standard InChI is InChI=1S/C14H13FN2O2S.CH4O/c15-10-4-3-9(11(18)8-10)7-12-13(19)16-14(20-12)17-5-1-2-6-17;1-2/h3-4,7-8,18H,1-2,5-6H2;2H,1H3/b12-7-;. The highest BCUT2D eigenvalue weighted by atomic mass is 32.2. The van der Waals surface area contributed by atoms with Crippen molar-refractivity contribution >= 4 is 28.9 Å². The van der Waals surface area contributed by atoms with E-state index in [1.54, 1.807) is 6.08 Å². The lowest BCUT2D eigenvalue weighted by Gasteiger charge is -2.14. The third-order valence-corrected chi connectivity index (χ3v) is 4.31. The van der Waals surface area contributed by atoms with Crippen molar-refractivity contribution in [1.82, 2.24) is 4.90 Å². The third-order valence-electron chi connectivity index (χ3n) is 3.26. The molecule has 2 N–H and O–H groups in total. The van der Waals surface area contributed by atoms with E-state index in [1.807, 2.05) is 0 Å². The van der Waals surface area contributed by atoms with E-state index in [-0.39, 0.29) is 11.7 Å². The maximum Gasteiger partial charge on any atom is 0.286 e. The van der Waals surface area contributed by atoms with E-state index in [0.29, 0.717) is 10.5 Å². The van der Waals surface area contributed by atoms with Crippen LogP contribution in [-0.4, -0.2) is 46.4 Å². The number of aliphatic hydroxyl groups is 1. The number of aromatic hydroxyl groups is 1. The minimum absolute atomic E-state index is 0.180. The Morgan fingerprint density at radius 3 is 2.64 bits per heavy atom. The molecule has 0 radical (unpaired) electrons. The minimum atomic E-state index is -0.510. The summed E-state index contributed by atoms with van der Waals surface area (Å²) in [5, 5.41) is 17.4. The van der Waals surface area contributed by atoms with Gasteiger partial charge in [-0.2, -0.15) is 4.99 Å². The van der Waals surface area contributed by atoms with E-state index >= 15 is 0 Å². The van der Waals surface area contributed by atoms with Gasteiger partial charge in [-0.1, -0.05) is 0 Å². The predicted molar refractivity (Wildman–Crippen MR) is 85.0 cm³/mol. The Balaban J connectivity index is 0.000000847. The third kappa shape index (κ3) is 3.66. The van der Waals surface area contributed by atoms with Crippen molar-refractivity contribution in [3.05, 3.63) is 34.5 Å². The molecule has 0 aliphatic carbocycles. The zero-order valence-electron chi connectivity index (χ0n) is 12.1. The Morgan fingerprint density at radius 1 is 1.32 bits per heavy atom. The van der Waals surface area contributed by atoms with Crippen LogP contribution in [0.1, 0.15) is 18.4 Å². The SMILES string of the molecule is CO.O=C1N=C(N2CCCC2)S/C1=C\c1ccc(F)cc1O. The molecule has 0 unspecified atom stereocenters. The molecule has 3 rings (SSSR count). The molecule has 22 heavy (non-hydrogen) atoms. The quantitative estimate of drug-likeness (QED) is 0.775. The summed E-state index contributed by atoms with van der Waals surface area (Å²) in [5.41, 5.74) is 0.417. The molecule has 1 fully saturated rings. The topological polar surface area (TPSA) is 73.1 Å². The van der Waals surface area contributed by atoms with Gasteiger partial charge in [0.2, 0.25) is 0 Å². The van der Waals surface area contributed by atoms with Crippen molar-refractivity contribution < 1.29 is 19.4 Å². The number of amides is 1. The number of aliphatic imine (C=N–C) groups is 1. The first-order chi connectivity index (χ1) is 10.6. The summed E-state index contributed by atoms with van der Waals surface area (Å²) in [5.74, 6) is -0.995. The highest BCUT2D eigenvalue weighted by Crippen LogP contribution is 2.33. The van der Waals surface area contributed by atoms with Crippen LogP contribution in [0.2, 0.25) is 0 Å². The fourth-order valence-electron chi connectivity index (χ4n) is 2.22. The van der Waals surface area contributed by atoms with E-state index in [2.05, 4.69) is 9.89 Å². The molecule has 1 aromatic rings. The summed E-state index contributed by atoms with van der Waals surface area (Å²) in [6.45, 7) is 1.85. The van der Waals surface area contributed by atoms with Crippen molar-refractivity contribution in [3.8, 4) is 5.75 Å². The average Bonchev–Trinajstić information content (AvgIpc) is 3.14. The number of hydrogen-bond donors (Lipinski definition) is 2. The van der Waals surface area contributed by atoms with Crippen molar-refractivity contribution in [3.63, 3.8) is 0 Å². The van der Waals surface area contributed by atoms with E-state index in [1.165, 1.54) is 23.9 Å². The lowest BCUT2D eigenvalue weighted by molar-refractivity contribution is -0.113. The summed E-state index contributed by atoms with van der Waals surface area (Å²) in [4.78, 5) is 18.4. The Kier molecular flexibility index (Phi) is 5.57. The molecule has 118 valence electrons. The van der Waals surface area contributed by atoms with Crippen LogP contribution in [-0.2, 0) is 4.79 Å². The van der Waals surface area contributed by atoms with Crippen molar-refractivity contribution in [2.45, 2.75) is 12.8 Å². The maximum absolute atomic E-state index is 12.9. The first kappa shape index (κ1) is 16.5. The number of amidine groups is 1. The van der Waals surface area contributed by atoms with Gasteiger partial charge in [0.1, 0.15) is 11.6 Å². The fraction of sp³-hybridized carbons (Fsp3) is 0.333. The van der Waals surface area contributed by atoms with Gasteiger partial charge in [0, 0.05) is 31.8 Å². The number of aliphatic hydroxyl groups excluding tert-OH is 1. The minimum Gasteiger partial charge on any atom is -0.507 e. The van der Waals surface area contributed by atoms with Gasteiger partial charge in [-0.05, 0) is 42.8 Å². The summed E-state index contributed by atoms with van der Waals surface area (Å²) in [7, 11) is 1.00. The second-order valence-electron chi connectivity index (χ2n) is 4.71. The molecule has 0 bridgehead atoms. The predicted octanol–water partition coefficient (Wildman–Crippen LogP) is 2.21. The van der Waals surface area contributed by atoms with Crippen LogP contribution in [0.15, 0.2) is 28.1 Å². The smallest absolute Gasteiger partial charge is 0.286 e.